The summed E-state index contributed by atoms with van der Waals surface area (Å²) in [5.74, 6) is -0.0429. The summed E-state index contributed by atoms with van der Waals surface area (Å²) >= 11 is 0. The van der Waals surface area contributed by atoms with Gasteiger partial charge in [-0.05, 0) is 41.0 Å². The number of tetrazole rings is 1. The molecule has 9 heteroatoms. The summed E-state index contributed by atoms with van der Waals surface area (Å²) in [5, 5.41) is 15.7. The van der Waals surface area contributed by atoms with Gasteiger partial charge in [-0.25, -0.2) is 4.98 Å². The number of benzene rings is 1. The van der Waals surface area contributed by atoms with E-state index < -0.39 is 5.91 Å². The van der Waals surface area contributed by atoms with Crippen LogP contribution in [-0.2, 0) is 0 Å². The normalized spacial score (nSPS) is 10.4. The molecule has 0 aliphatic carbocycles. The van der Waals surface area contributed by atoms with Gasteiger partial charge in [-0.15, -0.1) is 5.10 Å². The molecule has 0 saturated heterocycles. The predicted octanol–water partition coefficient (Wildman–Crippen LogP) is 1.84. The minimum absolute atomic E-state index is 0. The van der Waals surface area contributed by atoms with Gasteiger partial charge in [0.15, 0.2) is 0 Å². The van der Waals surface area contributed by atoms with E-state index in [4.69, 9.17) is 5.73 Å². The third-order valence-electron chi connectivity index (χ3n) is 3.52. The average Bonchev–Trinajstić information content (AvgIpc) is 3.08. The van der Waals surface area contributed by atoms with E-state index in [0.717, 1.165) is 11.1 Å². The topological polar surface area (TPSA) is 122 Å². The van der Waals surface area contributed by atoms with Crippen LogP contribution in [0.4, 0.5) is 11.6 Å². The number of pyridine rings is 1. The van der Waals surface area contributed by atoms with Crippen molar-refractivity contribution in [2.75, 3.05) is 11.1 Å². The minimum atomic E-state index is -0.393. The van der Waals surface area contributed by atoms with Crippen LogP contribution in [0.25, 0.3) is 11.3 Å². The molecular weight excluding hydrogens is 329 g/mol. The van der Waals surface area contributed by atoms with E-state index >= 15 is 0 Å². The Labute approximate surface area is 166 Å². The predicted molar refractivity (Wildman–Crippen MR) is 96.1 cm³/mol. The van der Waals surface area contributed by atoms with Crippen LogP contribution < -0.4 is 11.1 Å². The summed E-state index contributed by atoms with van der Waals surface area (Å²) in [7, 11) is 0. The molecule has 0 fully saturated rings. The van der Waals surface area contributed by atoms with Crippen molar-refractivity contribution >= 4 is 47.1 Å². The SMILES string of the molecule is CC(C)c1cc(C(=O)Nc2nn[nH]n2)nc(-c2ccc(N)cc2)c1.[Na]. The number of nitrogens with zero attached hydrogens (tertiary/aromatic N) is 4. The fraction of sp³-hybridized carbons (Fsp3) is 0.188. The number of hydrogen-bond acceptors (Lipinski definition) is 6. The Hall–Kier alpha value is -2.29. The number of nitrogens with two attached hydrogens (primary N) is 1. The van der Waals surface area contributed by atoms with Crippen LogP contribution in [-0.4, -0.2) is 61.1 Å². The molecule has 2 heterocycles. The van der Waals surface area contributed by atoms with Crippen LogP contribution >= 0.6 is 0 Å². The van der Waals surface area contributed by atoms with Crippen molar-refractivity contribution in [3.05, 3.63) is 47.7 Å². The van der Waals surface area contributed by atoms with Gasteiger partial charge in [0.2, 0.25) is 0 Å². The Kier molecular flexibility index (Phi) is 6.24. The monoisotopic (exact) mass is 346 g/mol. The van der Waals surface area contributed by atoms with E-state index in [2.05, 4.69) is 44.8 Å². The molecule has 3 rings (SSSR count). The van der Waals surface area contributed by atoms with E-state index in [-0.39, 0.29) is 47.1 Å². The third kappa shape index (κ3) is 4.62. The van der Waals surface area contributed by atoms with Gasteiger partial charge in [-0.3, -0.25) is 10.1 Å². The number of hydrogen-bond donors (Lipinski definition) is 3. The Balaban J connectivity index is 0.00000225. The van der Waals surface area contributed by atoms with Crippen LogP contribution in [0.1, 0.15) is 35.8 Å². The van der Waals surface area contributed by atoms with E-state index in [9.17, 15) is 4.79 Å². The molecular formula is C16H17N7NaO. The van der Waals surface area contributed by atoms with Gasteiger partial charge in [-0.2, -0.15) is 5.21 Å². The zero-order valence-corrected chi connectivity index (χ0v) is 16.3. The van der Waals surface area contributed by atoms with Crippen molar-refractivity contribution < 1.29 is 4.79 Å². The number of nitrogen functional groups attached to an aromatic ring is 1. The Bertz CT molecular complexity index is 847. The fourth-order valence-corrected chi connectivity index (χ4v) is 2.18. The number of carbonyl (C=O) groups is 1. The Morgan fingerprint density at radius 1 is 1.20 bits per heavy atom. The number of H-pyrrole nitrogens is 1. The molecule has 1 radical (unpaired) electrons. The standard InChI is InChI=1S/C16H17N7O.Na/c1-9(2)11-7-13(10-3-5-12(17)6-4-10)18-14(8-11)15(24)19-16-20-22-23-21-16;/h3-9H,17H2,1-2H3,(H2,19,20,21,22,23,24);. The van der Waals surface area contributed by atoms with E-state index in [1.165, 1.54) is 0 Å². The first-order valence-corrected chi connectivity index (χ1v) is 7.45. The van der Waals surface area contributed by atoms with E-state index in [1.54, 1.807) is 18.2 Å². The molecule has 0 unspecified atom stereocenters. The van der Waals surface area contributed by atoms with E-state index in [1.807, 2.05) is 18.2 Å². The Morgan fingerprint density at radius 3 is 2.52 bits per heavy atom. The smallest absolute Gasteiger partial charge is 0.276 e. The fourth-order valence-electron chi connectivity index (χ4n) is 2.18. The summed E-state index contributed by atoms with van der Waals surface area (Å²) in [5.41, 5.74) is 9.30. The first-order chi connectivity index (χ1) is 11.5. The molecule has 0 spiro atoms. The number of aromatic amines is 1. The molecule has 0 saturated carbocycles. The van der Waals surface area contributed by atoms with Crippen LogP contribution in [0, 0.1) is 0 Å². The van der Waals surface area contributed by atoms with Gasteiger partial charge in [-0.1, -0.05) is 31.1 Å². The van der Waals surface area contributed by atoms with Gasteiger partial charge in [0.1, 0.15) is 5.69 Å². The molecule has 1 aromatic carbocycles. The van der Waals surface area contributed by atoms with Gasteiger partial charge >= 0.3 is 0 Å². The number of amides is 1. The molecule has 0 bridgehead atoms. The second-order valence-electron chi connectivity index (χ2n) is 5.64. The van der Waals surface area contributed by atoms with Crippen LogP contribution in [0.3, 0.4) is 0 Å². The number of anilines is 2. The quantitative estimate of drug-likeness (QED) is 0.489. The van der Waals surface area contributed by atoms with Crippen LogP contribution in [0.15, 0.2) is 36.4 Å². The van der Waals surface area contributed by atoms with Gasteiger partial charge in [0.05, 0.1) is 5.69 Å². The maximum Gasteiger partial charge on any atom is 0.276 e. The number of nitrogens with one attached hydrogen (secondary N) is 2. The minimum Gasteiger partial charge on any atom is -0.399 e. The summed E-state index contributed by atoms with van der Waals surface area (Å²) in [6, 6.07) is 11.1. The first kappa shape index (κ1) is 19.0. The zero-order valence-electron chi connectivity index (χ0n) is 14.3. The van der Waals surface area contributed by atoms with Crippen molar-refractivity contribution in [2.24, 2.45) is 0 Å². The van der Waals surface area contributed by atoms with Crippen molar-refractivity contribution in [3.63, 3.8) is 0 Å². The molecule has 123 valence electrons. The second-order valence-corrected chi connectivity index (χ2v) is 5.64. The van der Waals surface area contributed by atoms with Crippen molar-refractivity contribution in [3.8, 4) is 11.3 Å². The van der Waals surface area contributed by atoms with Crippen molar-refractivity contribution in [1.29, 1.82) is 0 Å². The number of aromatic nitrogens is 5. The third-order valence-corrected chi connectivity index (χ3v) is 3.52. The summed E-state index contributed by atoms with van der Waals surface area (Å²) in [6.07, 6.45) is 0. The van der Waals surface area contributed by atoms with Crippen molar-refractivity contribution in [1.82, 2.24) is 25.6 Å². The second kappa shape index (κ2) is 8.19. The van der Waals surface area contributed by atoms with Gasteiger partial charge in [0.25, 0.3) is 11.9 Å². The summed E-state index contributed by atoms with van der Waals surface area (Å²) in [6.45, 7) is 4.12. The van der Waals surface area contributed by atoms with Crippen LogP contribution in [0.2, 0.25) is 0 Å². The summed E-state index contributed by atoms with van der Waals surface area (Å²) in [4.78, 5) is 16.9. The molecule has 0 atom stereocenters. The molecule has 4 N–H and O–H groups in total. The van der Waals surface area contributed by atoms with Crippen molar-refractivity contribution in [2.45, 2.75) is 19.8 Å². The van der Waals surface area contributed by atoms with Gasteiger partial charge in [0, 0.05) is 40.8 Å². The molecule has 1 amide bonds. The molecule has 8 nitrogen and oxygen atoms in total. The molecule has 25 heavy (non-hydrogen) atoms. The van der Waals surface area contributed by atoms with Crippen LogP contribution in [0.5, 0.6) is 0 Å². The summed E-state index contributed by atoms with van der Waals surface area (Å²) < 4.78 is 0. The molecule has 0 aliphatic heterocycles. The molecule has 0 aliphatic rings. The average molecular weight is 346 g/mol. The zero-order chi connectivity index (χ0) is 17.1. The molecule has 3 aromatic rings. The molecule has 2 aromatic heterocycles. The van der Waals surface area contributed by atoms with E-state index in [0.29, 0.717) is 11.4 Å². The number of rotatable bonds is 4. The van der Waals surface area contributed by atoms with Gasteiger partial charge < -0.3 is 5.73 Å². The Morgan fingerprint density at radius 2 is 1.92 bits per heavy atom. The maximum atomic E-state index is 12.4. The largest absolute Gasteiger partial charge is 0.399 e. The number of carbonyl (C=O) groups excluding carboxylic acids is 1. The first-order valence-electron chi connectivity index (χ1n) is 7.45. The maximum absolute atomic E-state index is 12.4.